The van der Waals surface area contributed by atoms with Crippen LogP contribution in [0.3, 0.4) is 0 Å². The van der Waals surface area contributed by atoms with Crippen molar-refractivity contribution < 1.29 is 17.6 Å². The molecule has 4 rings (SSSR count). The predicted octanol–water partition coefficient (Wildman–Crippen LogP) is 1.49. The minimum atomic E-state index is -3.18. The fraction of sp³-hybridized carbons (Fsp3) is 0.955. The number of hydrogen-bond donors (Lipinski definition) is 2. The number of sulfonamides is 1. The summed E-state index contributed by atoms with van der Waals surface area (Å²) in [5.74, 6) is 0.407. The zero-order valence-corrected chi connectivity index (χ0v) is 19.9. The van der Waals surface area contributed by atoms with Crippen molar-refractivity contribution in [2.24, 2.45) is 11.8 Å². The molecular formula is C22H39FN4O3S. The molecule has 4 fully saturated rings. The summed E-state index contributed by atoms with van der Waals surface area (Å²) in [5.41, 5.74) is 0. The van der Waals surface area contributed by atoms with Gasteiger partial charge >= 0.3 is 0 Å². The maximum Gasteiger partial charge on any atom is 0.237 e. The molecule has 2 aliphatic carbocycles. The summed E-state index contributed by atoms with van der Waals surface area (Å²) in [6.45, 7) is 3.82. The van der Waals surface area contributed by atoms with Gasteiger partial charge in [0.1, 0.15) is 6.17 Å². The second-order valence-corrected chi connectivity index (χ2v) is 12.5. The van der Waals surface area contributed by atoms with E-state index in [4.69, 9.17) is 0 Å². The number of carbonyl (C=O) groups excluding carboxylic acids is 1. The fourth-order valence-corrected chi connectivity index (χ4v) is 7.11. The van der Waals surface area contributed by atoms with Crippen molar-refractivity contribution in [3.63, 3.8) is 0 Å². The lowest BCUT2D eigenvalue weighted by molar-refractivity contribution is -0.124. The Hall–Kier alpha value is -0.770. The smallest absolute Gasteiger partial charge is 0.237 e. The van der Waals surface area contributed by atoms with Gasteiger partial charge in [-0.15, -0.1) is 0 Å². The highest BCUT2D eigenvalue weighted by Gasteiger charge is 2.46. The van der Waals surface area contributed by atoms with Crippen molar-refractivity contribution in [1.82, 2.24) is 19.8 Å². The number of nitrogens with zero attached hydrogens (tertiary/aromatic N) is 2. The number of hydrogen-bond acceptors (Lipinski definition) is 5. The third-order valence-corrected chi connectivity index (χ3v) is 9.74. The van der Waals surface area contributed by atoms with Crippen LogP contribution in [-0.2, 0) is 14.8 Å². The van der Waals surface area contributed by atoms with E-state index in [1.165, 1.54) is 10.6 Å². The average Bonchev–Trinajstić information content (AvgIpc) is 3.38. The summed E-state index contributed by atoms with van der Waals surface area (Å²) in [4.78, 5) is 15.4. The zero-order valence-electron chi connectivity index (χ0n) is 19.1. The molecular weight excluding hydrogens is 419 g/mol. The molecule has 2 N–H and O–H groups in total. The van der Waals surface area contributed by atoms with Crippen LogP contribution in [0.15, 0.2) is 0 Å². The third-order valence-electron chi connectivity index (χ3n) is 8.40. The van der Waals surface area contributed by atoms with Crippen molar-refractivity contribution >= 4 is 15.9 Å². The summed E-state index contributed by atoms with van der Waals surface area (Å²) in [7, 11) is -1.51. The van der Waals surface area contributed by atoms with Crippen LogP contribution in [0.1, 0.15) is 58.3 Å². The number of carbonyl (C=O) groups is 1. The first-order valence-electron chi connectivity index (χ1n) is 12.0. The monoisotopic (exact) mass is 458 g/mol. The highest BCUT2D eigenvalue weighted by molar-refractivity contribution is 7.88. The highest BCUT2D eigenvalue weighted by atomic mass is 32.2. The number of amides is 1. The largest absolute Gasteiger partial charge is 0.352 e. The molecule has 0 bridgehead atoms. The topological polar surface area (TPSA) is 81.8 Å². The maximum atomic E-state index is 14.4. The summed E-state index contributed by atoms with van der Waals surface area (Å²) in [6, 6.07) is 0.389. The molecule has 2 heterocycles. The lowest BCUT2D eigenvalue weighted by Crippen LogP contribution is -2.51. The first-order chi connectivity index (χ1) is 14.6. The summed E-state index contributed by atoms with van der Waals surface area (Å²) in [5, 5.41) is 6.69. The van der Waals surface area contributed by atoms with Gasteiger partial charge in [0.25, 0.3) is 0 Å². The van der Waals surface area contributed by atoms with Crippen LogP contribution in [-0.4, -0.2) is 86.3 Å². The first-order valence-corrected chi connectivity index (χ1v) is 13.9. The van der Waals surface area contributed by atoms with Crippen LogP contribution in [0.5, 0.6) is 0 Å². The number of nitrogens with one attached hydrogen (secondary N) is 2. The van der Waals surface area contributed by atoms with E-state index >= 15 is 0 Å². The van der Waals surface area contributed by atoms with Gasteiger partial charge in [0.2, 0.25) is 15.9 Å². The van der Waals surface area contributed by atoms with Gasteiger partial charge in [-0.1, -0.05) is 6.92 Å². The zero-order chi connectivity index (χ0) is 22.3. The number of likely N-dealkylation sites (tertiary alicyclic amines) is 1. The van der Waals surface area contributed by atoms with E-state index in [0.717, 1.165) is 51.6 Å². The summed E-state index contributed by atoms with van der Waals surface area (Å²) in [6.07, 6.45) is 7.47. The number of alkyl halides is 1. The molecule has 31 heavy (non-hydrogen) atoms. The molecule has 0 spiro atoms. The highest BCUT2D eigenvalue weighted by Crippen LogP contribution is 2.38. The number of halogens is 1. The standard InChI is InChI=1S/C22H39FN4O3S/c1-14-7-8-19(23)18-12-20(25-21(14)18)22(28)24-15-5-4-6-16(11-15)27-10-9-17(13-27)26(2)31(3,29)30/h14-21,25H,4-13H2,1-3H3,(H,24,28)/t14?,15-,16+,17?,18?,19?,20?,21?/m1/s1. The van der Waals surface area contributed by atoms with E-state index in [1.807, 2.05) is 0 Å². The molecule has 0 aromatic heterocycles. The van der Waals surface area contributed by atoms with Crippen molar-refractivity contribution in [2.45, 2.75) is 94.7 Å². The minimum Gasteiger partial charge on any atom is -0.352 e. The molecule has 0 aromatic carbocycles. The van der Waals surface area contributed by atoms with Crippen LogP contribution >= 0.6 is 0 Å². The van der Waals surface area contributed by atoms with Crippen LogP contribution in [0.25, 0.3) is 0 Å². The van der Waals surface area contributed by atoms with Crippen molar-refractivity contribution in [1.29, 1.82) is 0 Å². The molecule has 2 saturated heterocycles. The van der Waals surface area contributed by atoms with Gasteiger partial charge in [-0.05, 0) is 57.3 Å². The van der Waals surface area contributed by atoms with Gasteiger partial charge in [0, 0.05) is 50.2 Å². The number of rotatable bonds is 5. The average molecular weight is 459 g/mol. The quantitative estimate of drug-likeness (QED) is 0.653. The summed E-state index contributed by atoms with van der Waals surface area (Å²) >= 11 is 0. The van der Waals surface area contributed by atoms with Crippen molar-refractivity contribution in [3.05, 3.63) is 0 Å². The van der Waals surface area contributed by atoms with E-state index in [0.29, 0.717) is 24.8 Å². The second-order valence-electron chi connectivity index (χ2n) is 10.5. The Morgan fingerprint density at radius 3 is 2.65 bits per heavy atom. The van der Waals surface area contributed by atoms with Crippen LogP contribution in [0, 0.1) is 11.8 Å². The molecule has 0 aromatic rings. The van der Waals surface area contributed by atoms with E-state index < -0.39 is 16.2 Å². The van der Waals surface area contributed by atoms with E-state index in [2.05, 4.69) is 22.5 Å². The van der Waals surface area contributed by atoms with Gasteiger partial charge in [-0.2, -0.15) is 0 Å². The lowest BCUT2D eigenvalue weighted by Gasteiger charge is -2.36. The van der Waals surface area contributed by atoms with Gasteiger partial charge in [0.15, 0.2) is 0 Å². The van der Waals surface area contributed by atoms with E-state index in [1.54, 1.807) is 7.05 Å². The Kier molecular flexibility index (Phi) is 6.97. The Morgan fingerprint density at radius 2 is 1.94 bits per heavy atom. The Balaban J connectivity index is 1.29. The Morgan fingerprint density at radius 1 is 1.16 bits per heavy atom. The second kappa shape index (κ2) is 9.23. The normalized spacial score (nSPS) is 42.0. The first kappa shape index (κ1) is 23.4. The van der Waals surface area contributed by atoms with Gasteiger partial charge in [0.05, 0.1) is 12.3 Å². The lowest BCUT2D eigenvalue weighted by atomic mass is 9.77. The Bertz CT molecular complexity index is 748. The number of likely N-dealkylation sites (N-methyl/N-ethyl adjacent to an activating group) is 1. The summed E-state index contributed by atoms with van der Waals surface area (Å²) < 4.78 is 39.6. The van der Waals surface area contributed by atoms with E-state index in [9.17, 15) is 17.6 Å². The van der Waals surface area contributed by atoms with Crippen LogP contribution < -0.4 is 10.6 Å². The predicted molar refractivity (Wildman–Crippen MR) is 119 cm³/mol. The molecule has 8 atom stereocenters. The number of fused-ring (bicyclic) bond motifs is 1. The minimum absolute atomic E-state index is 0.0237. The maximum absolute atomic E-state index is 14.4. The van der Waals surface area contributed by atoms with Gasteiger partial charge < -0.3 is 10.6 Å². The van der Waals surface area contributed by atoms with Crippen molar-refractivity contribution in [2.75, 3.05) is 26.4 Å². The Labute approximate surface area is 186 Å². The molecule has 2 aliphatic heterocycles. The SMILES string of the molecule is CC1CCC(F)C2CC(C(=O)N[C@@H]3CCC[C@H](N4CCC(N(C)S(C)(=O)=O)C4)C3)NC12. The molecule has 4 aliphatic rings. The van der Waals surface area contributed by atoms with Gasteiger partial charge in [-0.25, -0.2) is 17.1 Å². The van der Waals surface area contributed by atoms with E-state index in [-0.39, 0.29) is 36.0 Å². The molecule has 178 valence electrons. The fourth-order valence-electron chi connectivity index (χ4n) is 6.40. The van der Waals surface area contributed by atoms with Gasteiger partial charge in [-0.3, -0.25) is 9.69 Å². The van der Waals surface area contributed by atoms with Crippen LogP contribution in [0.2, 0.25) is 0 Å². The molecule has 2 saturated carbocycles. The third kappa shape index (κ3) is 5.09. The molecule has 0 radical (unpaired) electrons. The molecule has 1 amide bonds. The molecule has 6 unspecified atom stereocenters. The molecule has 7 nitrogen and oxygen atoms in total. The van der Waals surface area contributed by atoms with Crippen LogP contribution in [0.4, 0.5) is 4.39 Å². The van der Waals surface area contributed by atoms with Crippen molar-refractivity contribution in [3.8, 4) is 0 Å². The molecule has 9 heteroatoms.